The lowest BCUT2D eigenvalue weighted by Crippen LogP contribution is -2.24. The molecule has 3 aromatic rings. The summed E-state index contributed by atoms with van der Waals surface area (Å²) in [5.41, 5.74) is 1.53. The van der Waals surface area contributed by atoms with Gasteiger partial charge < -0.3 is 10.1 Å². The molecule has 0 atom stereocenters. The largest absolute Gasteiger partial charge is 0.475 e. The van der Waals surface area contributed by atoms with Gasteiger partial charge in [-0.05, 0) is 26.0 Å². The minimum atomic E-state index is -0.258. The minimum absolute atomic E-state index is 0.0411. The Bertz CT molecular complexity index is 918. The normalized spacial score (nSPS) is 10.6. The Kier molecular flexibility index (Phi) is 4.69. The van der Waals surface area contributed by atoms with Gasteiger partial charge in [0.2, 0.25) is 5.65 Å². The van der Waals surface area contributed by atoms with Crippen LogP contribution in [-0.2, 0) is 6.54 Å². The maximum atomic E-state index is 12.2. The fourth-order valence-electron chi connectivity index (χ4n) is 2.33. The average molecular weight is 339 g/mol. The highest BCUT2D eigenvalue weighted by atomic mass is 16.5. The van der Waals surface area contributed by atoms with Crippen LogP contribution in [0.25, 0.3) is 5.65 Å². The number of ketones is 1. The summed E-state index contributed by atoms with van der Waals surface area (Å²) in [5.74, 6) is 0.661. The second-order valence-electron chi connectivity index (χ2n) is 5.29. The predicted molar refractivity (Wildman–Crippen MR) is 89.6 cm³/mol. The van der Waals surface area contributed by atoms with E-state index in [-0.39, 0.29) is 18.2 Å². The summed E-state index contributed by atoms with van der Waals surface area (Å²) in [7, 11) is 0. The summed E-state index contributed by atoms with van der Waals surface area (Å²) in [5, 5.41) is 10.9. The van der Waals surface area contributed by atoms with Crippen LogP contribution < -0.4 is 10.1 Å². The molecule has 8 nitrogen and oxygen atoms in total. The smallest absolute Gasteiger partial charge is 0.260 e. The number of nitrogens with zero attached hydrogens (tertiary/aromatic N) is 4. The number of fused-ring (bicyclic) bond motifs is 1. The van der Waals surface area contributed by atoms with Crippen LogP contribution in [-0.4, -0.2) is 37.9 Å². The quantitative estimate of drug-likeness (QED) is 0.686. The number of hydrogen-bond donors (Lipinski definition) is 1. The van der Waals surface area contributed by atoms with E-state index in [1.165, 1.54) is 6.92 Å². The first-order valence-electron chi connectivity index (χ1n) is 7.80. The molecule has 8 heteroatoms. The van der Waals surface area contributed by atoms with Crippen LogP contribution in [0.2, 0.25) is 0 Å². The first kappa shape index (κ1) is 16.6. The highest BCUT2D eigenvalue weighted by molar-refractivity contribution is 5.97. The van der Waals surface area contributed by atoms with Gasteiger partial charge in [-0.25, -0.2) is 4.98 Å². The molecule has 0 aliphatic heterocycles. The summed E-state index contributed by atoms with van der Waals surface area (Å²) in [6.45, 7) is 4.02. The topological polar surface area (TPSA) is 98.5 Å². The van der Waals surface area contributed by atoms with Crippen LogP contribution in [0, 0.1) is 0 Å². The van der Waals surface area contributed by atoms with Crippen molar-refractivity contribution in [3.63, 3.8) is 0 Å². The van der Waals surface area contributed by atoms with E-state index < -0.39 is 0 Å². The molecule has 128 valence electrons. The van der Waals surface area contributed by atoms with Gasteiger partial charge >= 0.3 is 0 Å². The SMILES string of the molecule is CCOc1nccn2c(CNC(=O)c3ccc(C(C)=O)cc3)nnc12. The van der Waals surface area contributed by atoms with Crippen molar-refractivity contribution in [1.82, 2.24) is 24.9 Å². The molecular weight excluding hydrogens is 322 g/mol. The first-order valence-corrected chi connectivity index (χ1v) is 7.80. The number of carbonyl (C=O) groups is 2. The Hall–Kier alpha value is -3.29. The van der Waals surface area contributed by atoms with E-state index in [1.807, 2.05) is 6.92 Å². The zero-order chi connectivity index (χ0) is 17.8. The lowest BCUT2D eigenvalue weighted by Gasteiger charge is -2.06. The predicted octanol–water partition coefficient (Wildman–Crippen LogP) is 1.66. The van der Waals surface area contributed by atoms with E-state index >= 15 is 0 Å². The Labute approximate surface area is 143 Å². The molecule has 1 aromatic carbocycles. The molecule has 2 heterocycles. The molecule has 0 fully saturated rings. The third kappa shape index (κ3) is 3.47. The number of ether oxygens (including phenoxy) is 1. The molecule has 1 N–H and O–H groups in total. The molecule has 3 rings (SSSR count). The van der Waals surface area contributed by atoms with Gasteiger partial charge in [0.25, 0.3) is 11.8 Å². The maximum Gasteiger partial charge on any atom is 0.260 e. The monoisotopic (exact) mass is 339 g/mol. The number of aromatic nitrogens is 4. The van der Waals surface area contributed by atoms with Gasteiger partial charge in [-0.2, -0.15) is 0 Å². The molecule has 2 aromatic heterocycles. The molecule has 0 aliphatic rings. The van der Waals surface area contributed by atoms with Crippen molar-refractivity contribution in [2.75, 3.05) is 6.61 Å². The molecule has 0 aliphatic carbocycles. The van der Waals surface area contributed by atoms with Crippen molar-refractivity contribution in [3.05, 3.63) is 53.6 Å². The van der Waals surface area contributed by atoms with E-state index in [0.717, 1.165) is 0 Å². The molecule has 25 heavy (non-hydrogen) atoms. The van der Waals surface area contributed by atoms with Gasteiger partial charge in [0, 0.05) is 23.5 Å². The number of amides is 1. The zero-order valence-electron chi connectivity index (χ0n) is 13.9. The fourth-order valence-corrected chi connectivity index (χ4v) is 2.33. The molecule has 1 amide bonds. The third-order valence-corrected chi connectivity index (χ3v) is 3.61. The van der Waals surface area contributed by atoms with Crippen LogP contribution in [0.4, 0.5) is 0 Å². The maximum absolute atomic E-state index is 12.2. The number of nitrogens with one attached hydrogen (secondary N) is 1. The Morgan fingerprint density at radius 2 is 1.88 bits per heavy atom. The first-order chi connectivity index (χ1) is 12.1. The summed E-state index contributed by atoms with van der Waals surface area (Å²) in [6.07, 6.45) is 3.30. The standard InChI is InChI=1S/C17H17N5O3/c1-3-25-17-15-21-20-14(22(15)9-8-18-17)10-19-16(24)13-6-4-12(5-7-13)11(2)23/h4-9H,3,10H2,1-2H3,(H,19,24). The lowest BCUT2D eigenvalue weighted by molar-refractivity contribution is 0.0947. The van der Waals surface area contributed by atoms with Gasteiger partial charge in [-0.3, -0.25) is 14.0 Å². The van der Waals surface area contributed by atoms with E-state index in [1.54, 1.807) is 41.1 Å². The van der Waals surface area contributed by atoms with Gasteiger partial charge in [0.05, 0.1) is 13.2 Å². The van der Waals surface area contributed by atoms with Crippen molar-refractivity contribution in [1.29, 1.82) is 0 Å². The van der Waals surface area contributed by atoms with E-state index in [4.69, 9.17) is 4.74 Å². The van der Waals surface area contributed by atoms with Crippen LogP contribution >= 0.6 is 0 Å². The highest BCUT2D eigenvalue weighted by Gasteiger charge is 2.13. The number of rotatable bonds is 6. The van der Waals surface area contributed by atoms with Gasteiger partial charge in [0.15, 0.2) is 11.6 Å². The van der Waals surface area contributed by atoms with Crippen molar-refractivity contribution < 1.29 is 14.3 Å². The highest BCUT2D eigenvalue weighted by Crippen LogP contribution is 2.14. The fraction of sp³-hybridized carbons (Fsp3) is 0.235. The molecule has 0 spiro atoms. The van der Waals surface area contributed by atoms with Gasteiger partial charge in [0.1, 0.15) is 0 Å². The van der Waals surface area contributed by atoms with E-state index in [0.29, 0.717) is 35.1 Å². The molecular formula is C17H17N5O3. The molecule has 0 radical (unpaired) electrons. The number of carbonyl (C=O) groups excluding carboxylic acids is 2. The zero-order valence-corrected chi connectivity index (χ0v) is 13.9. The molecule has 0 saturated carbocycles. The Morgan fingerprint density at radius 1 is 1.16 bits per heavy atom. The third-order valence-electron chi connectivity index (χ3n) is 3.61. The number of hydrogen-bond acceptors (Lipinski definition) is 6. The van der Waals surface area contributed by atoms with Crippen molar-refractivity contribution in [2.45, 2.75) is 20.4 Å². The number of Topliss-reactive ketones (excluding diaryl/α,β-unsaturated/α-hetero) is 1. The van der Waals surface area contributed by atoms with E-state index in [2.05, 4.69) is 20.5 Å². The molecule has 0 bridgehead atoms. The van der Waals surface area contributed by atoms with E-state index in [9.17, 15) is 9.59 Å². The second kappa shape index (κ2) is 7.08. The van der Waals surface area contributed by atoms with Crippen molar-refractivity contribution >= 4 is 17.3 Å². The van der Waals surface area contributed by atoms with Crippen molar-refractivity contribution in [3.8, 4) is 5.88 Å². The molecule has 0 saturated heterocycles. The number of benzene rings is 1. The van der Waals surface area contributed by atoms with Crippen LogP contribution in [0.1, 0.15) is 40.4 Å². The van der Waals surface area contributed by atoms with Gasteiger partial charge in [-0.1, -0.05) is 12.1 Å². The van der Waals surface area contributed by atoms with Crippen molar-refractivity contribution in [2.24, 2.45) is 0 Å². The van der Waals surface area contributed by atoms with Gasteiger partial charge in [-0.15, -0.1) is 10.2 Å². The van der Waals surface area contributed by atoms with Crippen LogP contribution in [0.5, 0.6) is 5.88 Å². The summed E-state index contributed by atoms with van der Waals surface area (Å²) < 4.78 is 7.13. The average Bonchev–Trinajstić information content (AvgIpc) is 3.04. The molecule has 0 unspecified atom stereocenters. The van der Waals surface area contributed by atoms with Crippen LogP contribution in [0.3, 0.4) is 0 Å². The Morgan fingerprint density at radius 3 is 2.56 bits per heavy atom. The minimum Gasteiger partial charge on any atom is -0.475 e. The summed E-state index contributed by atoms with van der Waals surface area (Å²) in [6, 6.07) is 6.49. The van der Waals surface area contributed by atoms with Crippen LogP contribution in [0.15, 0.2) is 36.7 Å². The lowest BCUT2D eigenvalue weighted by atomic mass is 10.1. The summed E-state index contributed by atoms with van der Waals surface area (Å²) >= 11 is 0. The Balaban J connectivity index is 1.73. The second-order valence-corrected chi connectivity index (χ2v) is 5.29. The summed E-state index contributed by atoms with van der Waals surface area (Å²) in [4.78, 5) is 27.6.